The topological polar surface area (TPSA) is 43.8 Å². The van der Waals surface area contributed by atoms with Gasteiger partial charge in [0, 0.05) is 31.9 Å². The van der Waals surface area contributed by atoms with Crippen LogP contribution in [0.4, 0.5) is 4.39 Å². The second-order valence-electron chi connectivity index (χ2n) is 4.28. The molecule has 14 heavy (non-hydrogen) atoms. The quantitative estimate of drug-likeness (QED) is 0.773. The fourth-order valence-corrected chi connectivity index (χ4v) is 2.13. The predicted molar refractivity (Wildman–Crippen MR) is 52.6 cm³/mol. The summed E-state index contributed by atoms with van der Waals surface area (Å²) in [5.74, 6) is 0.807. The molecule has 2 unspecified atom stereocenters. The number of nitrogens with zero attached hydrogens (tertiary/aromatic N) is 2. The van der Waals surface area contributed by atoms with Crippen molar-refractivity contribution >= 4 is 0 Å². The van der Waals surface area contributed by atoms with Gasteiger partial charge in [0.25, 0.3) is 0 Å². The van der Waals surface area contributed by atoms with Crippen LogP contribution in [0.3, 0.4) is 0 Å². The highest BCUT2D eigenvalue weighted by molar-refractivity contribution is 5.02. The lowest BCUT2D eigenvalue weighted by molar-refractivity contribution is 0.166. The van der Waals surface area contributed by atoms with Gasteiger partial charge in [0.05, 0.1) is 0 Å². The van der Waals surface area contributed by atoms with Crippen molar-refractivity contribution in [2.75, 3.05) is 0 Å². The van der Waals surface area contributed by atoms with Crippen LogP contribution in [-0.4, -0.2) is 21.3 Å². The van der Waals surface area contributed by atoms with Gasteiger partial charge >= 0.3 is 0 Å². The summed E-state index contributed by atoms with van der Waals surface area (Å²) < 4.78 is 16.0. The minimum absolute atomic E-state index is 0.0280. The Labute approximate surface area is 83.1 Å². The first-order valence-electron chi connectivity index (χ1n) is 5.00. The number of nitrogens with two attached hydrogens (primary N) is 1. The van der Waals surface area contributed by atoms with Crippen LogP contribution in [0.2, 0.25) is 0 Å². The smallest absolute Gasteiger partial charge is 0.119 e. The highest BCUT2D eigenvalue weighted by Crippen LogP contribution is 2.35. The summed E-state index contributed by atoms with van der Waals surface area (Å²) in [4.78, 5) is 4.13. The number of aromatic nitrogens is 2. The van der Waals surface area contributed by atoms with Crippen molar-refractivity contribution in [3.8, 4) is 0 Å². The molecular formula is C10H16FN3. The Morgan fingerprint density at radius 2 is 2.57 bits per heavy atom. The van der Waals surface area contributed by atoms with Crippen LogP contribution in [0.25, 0.3) is 0 Å². The van der Waals surface area contributed by atoms with Gasteiger partial charge in [0.1, 0.15) is 11.5 Å². The van der Waals surface area contributed by atoms with Crippen molar-refractivity contribution in [3.63, 3.8) is 0 Å². The van der Waals surface area contributed by atoms with Crippen molar-refractivity contribution in [3.05, 3.63) is 18.2 Å². The zero-order valence-electron chi connectivity index (χ0n) is 8.41. The SMILES string of the molecule is Cn1ccnc1CC1(F)CCC(N)C1. The Morgan fingerprint density at radius 1 is 1.79 bits per heavy atom. The van der Waals surface area contributed by atoms with Gasteiger partial charge < -0.3 is 10.3 Å². The minimum atomic E-state index is -1.13. The first kappa shape index (κ1) is 9.65. The molecule has 2 N–H and O–H groups in total. The molecule has 1 aromatic rings. The number of imidazole rings is 1. The summed E-state index contributed by atoms with van der Waals surface area (Å²) in [7, 11) is 1.89. The van der Waals surface area contributed by atoms with Crippen molar-refractivity contribution in [1.82, 2.24) is 9.55 Å². The molecule has 0 aromatic carbocycles. The minimum Gasteiger partial charge on any atom is -0.338 e. The van der Waals surface area contributed by atoms with Crippen LogP contribution >= 0.6 is 0 Å². The van der Waals surface area contributed by atoms with E-state index < -0.39 is 5.67 Å². The molecule has 1 fully saturated rings. The molecule has 1 heterocycles. The Kier molecular flexibility index (Phi) is 2.31. The van der Waals surface area contributed by atoms with E-state index in [1.165, 1.54) is 0 Å². The second-order valence-corrected chi connectivity index (χ2v) is 4.28. The molecule has 2 rings (SSSR count). The summed E-state index contributed by atoms with van der Waals surface area (Å²) in [6.45, 7) is 0. The summed E-state index contributed by atoms with van der Waals surface area (Å²) >= 11 is 0. The summed E-state index contributed by atoms with van der Waals surface area (Å²) in [5, 5.41) is 0. The maximum atomic E-state index is 14.2. The average molecular weight is 197 g/mol. The van der Waals surface area contributed by atoms with E-state index in [1.807, 2.05) is 17.8 Å². The van der Waals surface area contributed by atoms with E-state index in [1.54, 1.807) is 6.20 Å². The van der Waals surface area contributed by atoms with Crippen LogP contribution in [0.1, 0.15) is 25.1 Å². The monoisotopic (exact) mass is 197 g/mol. The van der Waals surface area contributed by atoms with Gasteiger partial charge in [-0.2, -0.15) is 0 Å². The van der Waals surface area contributed by atoms with Crippen LogP contribution in [0.5, 0.6) is 0 Å². The molecule has 0 spiro atoms. The molecule has 2 atom stereocenters. The largest absolute Gasteiger partial charge is 0.338 e. The van der Waals surface area contributed by atoms with E-state index in [9.17, 15) is 4.39 Å². The van der Waals surface area contributed by atoms with Crippen LogP contribution < -0.4 is 5.73 Å². The first-order chi connectivity index (χ1) is 6.59. The van der Waals surface area contributed by atoms with Gasteiger partial charge in [0.15, 0.2) is 0 Å². The van der Waals surface area contributed by atoms with E-state index in [4.69, 9.17) is 5.73 Å². The second kappa shape index (κ2) is 3.35. The fourth-order valence-electron chi connectivity index (χ4n) is 2.13. The first-order valence-corrected chi connectivity index (χ1v) is 5.00. The van der Waals surface area contributed by atoms with Crippen molar-refractivity contribution in [2.45, 2.75) is 37.4 Å². The Morgan fingerprint density at radius 3 is 3.07 bits per heavy atom. The molecule has 78 valence electrons. The zero-order valence-corrected chi connectivity index (χ0v) is 8.41. The van der Waals surface area contributed by atoms with Crippen molar-refractivity contribution in [1.29, 1.82) is 0 Å². The maximum absolute atomic E-state index is 14.2. The predicted octanol–water partition coefficient (Wildman–Crippen LogP) is 1.18. The fraction of sp³-hybridized carbons (Fsp3) is 0.700. The van der Waals surface area contributed by atoms with Gasteiger partial charge in [0.2, 0.25) is 0 Å². The Balaban J connectivity index is 2.07. The molecule has 0 aliphatic heterocycles. The third kappa shape index (κ3) is 1.80. The maximum Gasteiger partial charge on any atom is 0.119 e. The third-order valence-electron chi connectivity index (χ3n) is 2.99. The van der Waals surface area contributed by atoms with Crippen molar-refractivity contribution < 1.29 is 4.39 Å². The number of alkyl halides is 1. The molecule has 1 aromatic heterocycles. The molecule has 0 amide bonds. The lowest BCUT2D eigenvalue weighted by Gasteiger charge is -2.18. The van der Waals surface area contributed by atoms with Gasteiger partial charge in [-0.25, -0.2) is 9.37 Å². The summed E-state index contributed by atoms with van der Waals surface area (Å²) in [6, 6.07) is 0.0280. The molecule has 0 radical (unpaired) electrons. The number of halogens is 1. The Bertz CT molecular complexity index is 323. The molecule has 1 saturated carbocycles. The number of aryl methyl sites for hydroxylation is 1. The van der Waals surface area contributed by atoms with Crippen LogP contribution in [-0.2, 0) is 13.5 Å². The molecule has 1 aliphatic rings. The number of rotatable bonds is 2. The van der Waals surface area contributed by atoms with Gasteiger partial charge in [-0.15, -0.1) is 0 Å². The molecule has 0 bridgehead atoms. The lowest BCUT2D eigenvalue weighted by Crippen LogP contribution is -2.26. The third-order valence-corrected chi connectivity index (χ3v) is 2.99. The normalized spacial score (nSPS) is 32.4. The molecule has 4 heteroatoms. The highest BCUT2D eigenvalue weighted by atomic mass is 19.1. The number of hydrogen-bond acceptors (Lipinski definition) is 2. The zero-order chi connectivity index (χ0) is 10.2. The van der Waals surface area contributed by atoms with E-state index in [2.05, 4.69) is 4.98 Å². The van der Waals surface area contributed by atoms with E-state index in [0.29, 0.717) is 19.3 Å². The van der Waals surface area contributed by atoms with E-state index in [0.717, 1.165) is 12.2 Å². The summed E-state index contributed by atoms with van der Waals surface area (Å²) in [5.41, 5.74) is 4.58. The van der Waals surface area contributed by atoms with Gasteiger partial charge in [-0.05, 0) is 19.3 Å². The molecular weight excluding hydrogens is 181 g/mol. The van der Waals surface area contributed by atoms with Gasteiger partial charge in [-0.1, -0.05) is 0 Å². The Hall–Kier alpha value is -0.900. The van der Waals surface area contributed by atoms with E-state index in [-0.39, 0.29) is 6.04 Å². The summed E-state index contributed by atoms with van der Waals surface area (Å²) in [6.07, 6.45) is 5.77. The molecule has 1 aliphatic carbocycles. The average Bonchev–Trinajstić information content (AvgIpc) is 2.62. The molecule has 0 saturated heterocycles. The molecule has 3 nitrogen and oxygen atoms in total. The standard InChI is InChI=1S/C10H16FN3/c1-14-5-4-13-9(14)7-10(11)3-2-8(12)6-10/h4-5,8H,2-3,6-7,12H2,1H3. The lowest BCUT2D eigenvalue weighted by atomic mass is 9.99. The van der Waals surface area contributed by atoms with Crippen LogP contribution in [0.15, 0.2) is 12.4 Å². The number of hydrogen-bond donors (Lipinski definition) is 1. The van der Waals surface area contributed by atoms with Crippen molar-refractivity contribution in [2.24, 2.45) is 12.8 Å². The highest BCUT2D eigenvalue weighted by Gasteiger charge is 2.38. The van der Waals surface area contributed by atoms with Crippen LogP contribution in [0, 0.1) is 0 Å². The van der Waals surface area contributed by atoms with Gasteiger partial charge in [-0.3, -0.25) is 0 Å². The van der Waals surface area contributed by atoms with E-state index >= 15 is 0 Å².